The molecule has 0 bridgehead atoms. The van der Waals surface area contributed by atoms with E-state index in [0.717, 1.165) is 6.20 Å². The average Bonchev–Trinajstić information content (AvgIpc) is 2.46. The summed E-state index contributed by atoms with van der Waals surface area (Å²) in [7, 11) is -3.86. The van der Waals surface area contributed by atoms with Gasteiger partial charge in [0.1, 0.15) is 22.6 Å². The van der Waals surface area contributed by atoms with Crippen LogP contribution in [0.1, 0.15) is 0 Å². The molecule has 1 aliphatic rings. The lowest BCUT2D eigenvalue weighted by atomic mass is 10.3. The fourth-order valence-electron chi connectivity index (χ4n) is 1.97. The molecule has 1 aliphatic heterocycles. The minimum atomic E-state index is -3.86. The Morgan fingerprint density at radius 2 is 2.41 bits per heavy atom. The maximum absolute atomic E-state index is 11.2. The van der Waals surface area contributed by atoms with Gasteiger partial charge in [-0.05, 0) is 6.07 Å². The highest BCUT2D eigenvalue weighted by molar-refractivity contribution is 7.89. The number of hydrogen-bond donors (Lipinski definition) is 1. The molecule has 0 aliphatic carbocycles. The molecular weight excluding hydrogens is 332 g/mol. The van der Waals surface area contributed by atoms with Gasteiger partial charge in [-0.15, -0.1) is 0 Å². The largest absolute Gasteiger partial charge is 0.474 e. The standard InChI is InChI=1S/C12H15ClN4O4S/c13-11-5-10(22(15,18)19)6-16-12(11)21-8-9-7-17(2-1-14)3-4-20-9/h5-6,9H,2-4,7-8H2,(H2,15,18,19). The quantitative estimate of drug-likeness (QED) is 0.744. The number of morpholine rings is 1. The van der Waals surface area contributed by atoms with Gasteiger partial charge in [0.15, 0.2) is 0 Å². The van der Waals surface area contributed by atoms with Gasteiger partial charge in [0.25, 0.3) is 0 Å². The molecular formula is C12H15ClN4O4S. The summed E-state index contributed by atoms with van der Waals surface area (Å²) in [5.74, 6) is 0.107. The summed E-state index contributed by atoms with van der Waals surface area (Å²) in [6, 6.07) is 3.27. The van der Waals surface area contributed by atoms with Crippen LogP contribution in [0.2, 0.25) is 5.02 Å². The van der Waals surface area contributed by atoms with Crippen molar-refractivity contribution < 1.29 is 17.9 Å². The molecule has 0 spiro atoms. The van der Waals surface area contributed by atoms with Crippen molar-refractivity contribution in [2.45, 2.75) is 11.0 Å². The summed E-state index contributed by atoms with van der Waals surface area (Å²) in [4.78, 5) is 5.62. The number of hydrogen-bond acceptors (Lipinski definition) is 7. The van der Waals surface area contributed by atoms with E-state index in [9.17, 15) is 8.42 Å². The van der Waals surface area contributed by atoms with Crippen molar-refractivity contribution in [1.29, 1.82) is 5.26 Å². The Bertz CT molecular complexity index is 676. The van der Waals surface area contributed by atoms with Gasteiger partial charge in [-0.25, -0.2) is 18.5 Å². The van der Waals surface area contributed by atoms with Gasteiger partial charge >= 0.3 is 0 Å². The molecule has 0 radical (unpaired) electrons. The van der Waals surface area contributed by atoms with E-state index in [1.54, 1.807) is 0 Å². The summed E-state index contributed by atoms with van der Waals surface area (Å²) in [5.41, 5.74) is 0. The topological polar surface area (TPSA) is 119 Å². The SMILES string of the molecule is N#CCN1CCOC(COc2ncc(S(N)(=O)=O)cc2Cl)C1. The highest BCUT2D eigenvalue weighted by Crippen LogP contribution is 2.24. The molecule has 1 aromatic rings. The minimum absolute atomic E-state index is 0.0521. The van der Waals surface area contributed by atoms with Gasteiger partial charge in [0.2, 0.25) is 15.9 Å². The molecule has 10 heteroatoms. The summed E-state index contributed by atoms with van der Waals surface area (Å²) in [6.45, 7) is 2.32. The molecule has 1 atom stereocenters. The minimum Gasteiger partial charge on any atom is -0.474 e. The van der Waals surface area contributed by atoms with Crippen molar-refractivity contribution in [2.24, 2.45) is 5.14 Å². The Balaban J connectivity index is 1.96. The van der Waals surface area contributed by atoms with Crippen molar-refractivity contribution in [2.75, 3.05) is 32.8 Å². The molecule has 120 valence electrons. The van der Waals surface area contributed by atoms with Crippen LogP contribution in [0.15, 0.2) is 17.2 Å². The van der Waals surface area contributed by atoms with Crippen LogP contribution in [-0.4, -0.2) is 57.3 Å². The number of pyridine rings is 1. The fraction of sp³-hybridized carbons (Fsp3) is 0.500. The van der Waals surface area contributed by atoms with E-state index in [1.165, 1.54) is 6.07 Å². The third-order valence-corrected chi connectivity index (χ3v) is 4.19. The van der Waals surface area contributed by atoms with Crippen LogP contribution in [0.4, 0.5) is 0 Å². The molecule has 2 heterocycles. The maximum atomic E-state index is 11.2. The van der Waals surface area contributed by atoms with E-state index in [1.807, 2.05) is 4.90 Å². The van der Waals surface area contributed by atoms with Crippen LogP contribution < -0.4 is 9.88 Å². The third kappa shape index (κ3) is 4.53. The Kier molecular flexibility index (Phi) is 5.55. The Morgan fingerprint density at radius 1 is 1.64 bits per heavy atom. The second-order valence-electron chi connectivity index (χ2n) is 4.70. The van der Waals surface area contributed by atoms with Gasteiger partial charge in [0, 0.05) is 13.1 Å². The number of primary sulfonamides is 1. The number of aromatic nitrogens is 1. The second kappa shape index (κ2) is 7.21. The molecule has 0 saturated carbocycles. The molecule has 1 fully saturated rings. The normalized spacial score (nSPS) is 19.6. The van der Waals surface area contributed by atoms with Crippen LogP contribution in [-0.2, 0) is 14.8 Å². The van der Waals surface area contributed by atoms with Gasteiger partial charge < -0.3 is 9.47 Å². The number of nitrogens with two attached hydrogens (primary N) is 1. The van der Waals surface area contributed by atoms with Crippen molar-refractivity contribution in [3.05, 3.63) is 17.3 Å². The van der Waals surface area contributed by atoms with Crippen LogP contribution >= 0.6 is 11.6 Å². The van der Waals surface area contributed by atoms with E-state index in [-0.39, 0.29) is 28.5 Å². The van der Waals surface area contributed by atoms with Crippen molar-refractivity contribution >= 4 is 21.6 Å². The molecule has 0 amide bonds. The Hall–Kier alpha value is -1.44. The number of halogens is 1. The summed E-state index contributed by atoms with van der Waals surface area (Å²) < 4.78 is 33.4. The first kappa shape index (κ1) is 16.9. The van der Waals surface area contributed by atoms with Gasteiger partial charge in [0.05, 0.1) is 25.4 Å². The Morgan fingerprint density at radius 3 is 3.05 bits per heavy atom. The molecule has 0 aromatic carbocycles. The fourth-order valence-corrected chi connectivity index (χ4v) is 2.73. The lowest BCUT2D eigenvalue weighted by Crippen LogP contribution is -2.45. The number of ether oxygens (including phenoxy) is 2. The predicted octanol–water partition coefficient (Wildman–Crippen LogP) is -0.0144. The van der Waals surface area contributed by atoms with Gasteiger partial charge in [-0.1, -0.05) is 11.6 Å². The van der Waals surface area contributed by atoms with Gasteiger partial charge in [-0.2, -0.15) is 5.26 Å². The molecule has 2 rings (SSSR count). The monoisotopic (exact) mass is 346 g/mol. The molecule has 8 nitrogen and oxygen atoms in total. The van der Waals surface area contributed by atoms with Gasteiger partial charge in [-0.3, -0.25) is 4.90 Å². The summed E-state index contributed by atoms with van der Waals surface area (Å²) >= 11 is 5.93. The first-order valence-corrected chi connectivity index (χ1v) is 8.34. The predicted molar refractivity (Wildman–Crippen MR) is 77.9 cm³/mol. The van der Waals surface area contributed by atoms with Crippen molar-refractivity contribution in [3.8, 4) is 11.9 Å². The Labute approximate surface area is 133 Å². The lowest BCUT2D eigenvalue weighted by Gasteiger charge is -2.30. The van der Waals surface area contributed by atoms with Crippen LogP contribution in [0.5, 0.6) is 5.88 Å². The van der Waals surface area contributed by atoms with E-state index < -0.39 is 10.0 Å². The number of sulfonamides is 1. The molecule has 1 saturated heterocycles. The average molecular weight is 347 g/mol. The zero-order valence-corrected chi connectivity index (χ0v) is 13.2. The lowest BCUT2D eigenvalue weighted by molar-refractivity contribution is -0.0448. The molecule has 22 heavy (non-hydrogen) atoms. The highest BCUT2D eigenvalue weighted by atomic mass is 35.5. The number of nitriles is 1. The summed E-state index contributed by atoms with van der Waals surface area (Å²) in [5, 5.41) is 13.7. The van der Waals surface area contributed by atoms with Crippen LogP contribution in [0.25, 0.3) is 0 Å². The van der Waals surface area contributed by atoms with E-state index in [0.29, 0.717) is 26.2 Å². The molecule has 1 unspecified atom stereocenters. The summed E-state index contributed by atoms with van der Waals surface area (Å²) in [6.07, 6.45) is 0.873. The first-order valence-electron chi connectivity index (χ1n) is 6.42. The van der Waals surface area contributed by atoms with Crippen molar-refractivity contribution in [3.63, 3.8) is 0 Å². The number of nitrogens with zero attached hydrogens (tertiary/aromatic N) is 3. The maximum Gasteiger partial charge on any atom is 0.239 e. The molecule has 1 aromatic heterocycles. The van der Waals surface area contributed by atoms with Crippen LogP contribution in [0, 0.1) is 11.3 Å². The first-order chi connectivity index (χ1) is 10.4. The van der Waals surface area contributed by atoms with Crippen LogP contribution in [0.3, 0.4) is 0 Å². The second-order valence-corrected chi connectivity index (χ2v) is 6.67. The van der Waals surface area contributed by atoms with Crippen molar-refractivity contribution in [1.82, 2.24) is 9.88 Å². The third-order valence-electron chi connectivity index (χ3n) is 3.03. The highest BCUT2D eigenvalue weighted by Gasteiger charge is 2.21. The van der Waals surface area contributed by atoms with E-state index >= 15 is 0 Å². The molecule has 2 N–H and O–H groups in total. The smallest absolute Gasteiger partial charge is 0.239 e. The zero-order chi connectivity index (χ0) is 16.2. The number of rotatable bonds is 5. The zero-order valence-electron chi connectivity index (χ0n) is 11.6. The van der Waals surface area contributed by atoms with E-state index in [4.69, 9.17) is 31.5 Å². The van der Waals surface area contributed by atoms with E-state index in [2.05, 4.69) is 11.1 Å².